The molecule has 1 fully saturated rings. The monoisotopic (exact) mass is 347 g/mol. The lowest BCUT2D eigenvalue weighted by Crippen LogP contribution is -2.13. The van der Waals surface area contributed by atoms with Crippen molar-refractivity contribution in [3.05, 3.63) is 22.4 Å². The minimum Gasteiger partial charge on any atom is -0.369 e. The normalized spacial score (nSPS) is 22.1. The van der Waals surface area contributed by atoms with E-state index >= 15 is 0 Å². The molecule has 1 aromatic carbocycles. The van der Waals surface area contributed by atoms with Crippen LogP contribution in [-0.4, -0.2) is 29.5 Å². The largest absolute Gasteiger partial charge is 0.369 e. The molecule has 3 rings (SSSR count). The van der Waals surface area contributed by atoms with Crippen LogP contribution in [0.2, 0.25) is 0 Å². The Balaban J connectivity index is 2.18. The zero-order valence-corrected chi connectivity index (χ0v) is 12.2. The fourth-order valence-electron chi connectivity index (χ4n) is 2.47. The molecular weight excluding hydrogens is 337 g/mol. The van der Waals surface area contributed by atoms with Gasteiger partial charge in [-0.3, -0.25) is 0 Å². The minimum atomic E-state index is -3.03. The molecular formula is C11H11BrFN3O2S. The average Bonchev–Trinajstić information content (AvgIpc) is 2.79. The Labute approximate surface area is 117 Å². The standard InChI is InChI=1S/C11H11BrFN3O2S/c12-7-3-9-10(4-8(7)13)16(11(14)15-9)6-1-2-19(17,18)5-6/h3-4,6H,1-2,5H2,(H2,14,15). The summed E-state index contributed by atoms with van der Waals surface area (Å²) in [4.78, 5) is 4.16. The van der Waals surface area contributed by atoms with Gasteiger partial charge in [0.15, 0.2) is 9.84 Å². The van der Waals surface area contributed by atoms with Gasteiger partial charge in [0.25, 0.3) is 0 Å². The molecule has 5 nitrogen and oxygen atoms in total. The van der Waals surface area contributed by atoms with E-state index in [2.05, 4.69) is 20.9 Å². The quantitative estimate of drug-likeness (QED) is 0.854. The molecule has 8 heteroatoms. The van der Waals surface area contributed by atoms with Gasteiger partial charge in [0.1, 0.15) is 5.82 Å². The molecule has 1 unspecified atom stereocenters. The highest BCUT2D eigenvalue weighted by molar-refractivity contribution is 9.10. The topological polar surface area (TPSA) is 78.0 Å². The van der Waals surface area contributed by atoms with Gasteiger partial charge in [-0.05, 0) is 28.4 Å². The Morgan fingerprint density at radius 3 is 2.84 bits per heavy atom. The molecule has 102 valence electrons. The van der Waals surface area contributed by atoms with E-state index in [9.17, 15) is 12.8 Å². The number of nitrogens with zero attached hydrogens (tertiary/aromatic N) is 2. The number of nitrogens with two attached hydrogens (primary N) is 1. The molecule has 0 radical (unpaired) electrons. The third-order valence-corrected chi connectivity index (χ3v) is 5.69. The van der Waals surface area contributed by atoms with Crippen molar-refractivity contribution < 1.29 is 12.8 Å². The highest BCUT2D eigenvalue weighted by Crippen LogP contribution is 2.32. The molecule has 0 spiro atoms. The molecule has 1 saturated heterocycles. The Morgan fingerprint density at radius 1 is 1.47 bits per heavy atom. The lowest BCUT2D eigenvalue weighted by Gasteiger charge is -2.13. The number of benzene rings is 1. The first-order valence-electron chi connectivity index (χ1n) is 5.70. The van der Waals surface area contributed by atoms with E-state index in [0.29, 0.717) is 21.9 Å². The predicted octanol–water partition coefficient (Wildman–Crippen LogP) is 1.88. The first-order valence-corrected chi connectivity index (χ1v) is 8.32. The van der Waals surface area contributed by atoms with Crippen LogP contribution in [-0.2, 0) is 9.84 Å². The maximum atomic E-state index is 13.6. The molecule has 2 N–H and O–H groups in total. The van der Waals surface area contributed by atoms with E-state index in [1.165, 1.54) is 6.07 Å². The van der Waals surface area contributed by atoms with E-state index in [-0.39, 0.29) is 23.5 Å². The van der Waals surface area contributed by atoms with Crippen molar-refractivity contribution >= 4 is 42.7 Å². The molecule has 0 amide bonds. The number of anilines is 1. The van der Waals surface area contributed by atoms with Crippen molar-refractivity contribution in [2.24, 2.45) is 0 Å². The van der Waals surface area contributed by atoms with Gasteiger partial charge in [-0.25, -0.2) is 17.8 Å². The molecule has 1 aliphatic rings. The smallest absolute Gasteiger partial charge is 0.201 e. The van der Waals surface area contributed by atoms with Crippen LogP contribution in [0.1, 0.15) is 12.5 Å². The van der Waals surface area contributed by atoms with Crippen molar-refractivity contribution in [3.63, 3.8) is 0 Å². The second-order valence-electron chi connectivity index (χ2n) is 4.65. The first kappa shape index (κ1) is 12.9. The fraction of sp³-hybridized carbons (Fsp3) is 0.364. The average molecular weight is 348 g/mol. The van der Waals surface area contributed by atoms with Gasteiger partial charge in [0.05, 0.1) is 33.1 Å². The predicted molar refractivity (Wildman–Crippen MR) is 74.1 cm³/mol. The summed E-state index contributed by atoms with van der Waals surface area (Å²) in [6, 6.07) is 2.60. The van der Waals surface area contributed by atoms with E-state index in [4.69, 9.17) is 5.73 Å². The summed E-state index contributed by atoms with van der Waals surface area (Å²) in [6.07, 6.45) is 0.482. The number of imidazole rings is 1. The molecule has 1 aliphatic heterocycles. The lowest BCUT2D eigenvalue weighted by atomic mass is 10.2. The molecule has 2 heterocycles. The Kier molecular flexibility index (Phi) is 2.82. The van der Waals surface area contributed by atoms with Gasteiger partial charge in [0, 0.05) is 6.07 Å². The van der Waals surface area contributed by atoms with Crippen LogP contribution < -0.4 is 5.73 Å². The second kappa shape index (κ2) is 4.17. The Morgan fingerprint density at radius 2 is 2.21 bits per heavy atom. The summed E-state index contributed by atoms with van der Waals surface area (Å²) in [7, 11) is -3.03. The Bertz CT molecular complexity index is 772. The highest BCUT2D eigenvalue weighted by atomic mass is 79.9. The molecule has 1 aromatic heterocycles. The first-order chi connectivity index (χ1) is 8.87. The number of hydrogen-bond donors (Lipinski definition) is 1. The maximum Gasteiger partial charge on any atom is 0.201 e. The van der Waals surface area contributed by atoms with E-state index in [0.717, 1.165) is 0 Å². The van der Waals surface area contributed by atoms with Crippen molar-refractivity contribution in [1.29, 1.82) is 0 Å². The number of aromatic nitrogens is 2. The molecule has 19 heavy (non-hydrogen) atoms. The van der Waals surface area contributed by atoms with Crippen molar-refractivity contribution in [2.45, 2.75) is 12.5 Å². The third kappa shape index (κ3) is 2.12. The second-order valence-corrected chi connectivity index (χ2v) is 7.73. The van der Waals surface area contributed by atoms with Gasteiger partial charge in [-0.2, -0.15) is 0 Å². The minimum absolute atomic E-state index is 0.0281. The van der Waals surface area contributed by atoms with Crippen LogP contribution in [0.5, 0.6) is 0 Å². The molecule has 2 aromatic rings. The summed E-state index contributed by atoms with van der Waals surface area (Å²) in [6.45, 7) is 0. The number of sulfone groups is 1. The van der Waals surface area contributed by atoms with Crippen LogP contribution in [0, 0.1) is 5.82 Å². The van der Waals surface area contributed by atoms with Crippen LogP contribution in [0.15, 0.2) is 16.6 Å². The van der Waals surface area contributed by atoms with Crippen molar-refractivity contribution in [3.8, 4) is 0 Å². The van der Waals surface area contributed by atoms with E-state index < -0.39 is 15.7 Å². The molecule has 1 atom stereocenters. The number of rotatable bonds is 1. The van der Waals surface area contributed by atoms with Gasteiger partial charge >= 0.3 is 0 Å². The number of fused-ring (bicyclic) bond motifs is 1. The SMILES string of the molecule is Nc1nc2cc(Br)c(F)cc2n1C1CCS(=O)(=O)C1. The number of halogens is 2. The van der Waals surface area contributed by atoms with E-state index in [1.54, 1.807) is 10.6 Å². The number of hydrogen-bond acceptors (Lipinski definition) is 4. The van der Waals surface area contributed by atoms with Crippen LogP contribution in [0.25, 0.3) is 11.0 Å². The summed E-state index contributed by atoms with van der Waals surface area (Å²) in [5.74, 6) is -0.0417. The summed E-state index contributed by atoms with van der Waals surface area (Å²) >= 11 is 3.09. The molecule has 0 bridgehead atoms. The Hall–Kier alpha value is -1.15. The van der Waals surface area contributed by atoms with Crippen molar-refractivity contribution in [1.82, 2.24) is 9.55 Å². The molecule has 0 saturated carbocycles. The third-order valence-electron chi connectivity index (χ3n) is 3.33. The van der Waals surface area contributed by atoms with Gasteiger partial charge in [-0.1, -0.05) is 0 Å². The molecule has 0 aliphatic carbocycles. The highest BCUT2D eigenvalue weighted by Gasteiger charge is 2.31. The lowest BCUT2D eigenvalue weighted by molar-refractivity contribution is 0.573. The van der Waals surface area contributed by atoms with Gasteiger partial charge in [-0.15, -0.1) is 0 Å². The van der Waals surface area contributed by atoms with E-state index in [1.807, 2.05) is 0 Å². The summed E-state index contributed by atoms with van der Waals surface area (Å²) < 4.78 is 38.7. The van der Waals surface area contributed by atoms with Crippen LogP contribution in [0.3, 0.4) is 0 Å². The maximum absolute atomic E-state index is 13.6. The van der Waals surface area contributed by atoms with Crippen LogP contribution in [0.4, 0.5) is 10.3 Å². The van der Waals surface area contributed by atoms with Gasteiger partial charge < -0.3 is 10.3 Å². The summed E-state index contributed by atoms with van der Waals surface area (Å²) in [5.41, 5.74) is 6.92. The number of nitrogen functional groups attached to an aromatic ring is 1. The zero-order valence-electron chi connectivity index (χ0n) is 9.81. The van der Waals surface area contributed by atoms with Crippen molar-refractivity contribution in [2.75, 3.05) is 17.2 Å². The van der Waals surface area contributed by atoms with Gasteiger partial charge in [0.2, 0.25) is 5.95 Å². The van der Waals surface area contributed by atoms with Crippen LogP contribution >= 0.6 is 15.9 Å². The zero-order chi connectivity index (χ0) is 13.8. The summed E-state index contributed by atoms with van der Waals surface area (Å²) in [5, 5.41) is 0. The fourth-order valence-corrected chi connectivity index (χ4v) is 4.50.